The lowest BCUT2D eigenvalue weighted by Crippen LogP contribution is -2.21. The second kappa shape index (κ2) is 4.75. The number of halogens is 1. The van der Waals surface area contributed by atoms with Crippen LogP contribution in [0.4, 0.5) is 5.82 Å². The standard InChI is InChI=1S/C11H13BrN2O/c12-9-4-5-13-10(7-9)14-11(15)6-8-2-1-3-8/h4-5,7-8H,1-3,6H2,(H,13,14,15). The second-order valence-corrected chi connectivity index (χ2v) is 4.82. The number of pyridine rings is 1. The fourth-order valence-corrected chi connectivity index (χ4v) is 1.96. The number of hydrogen-bond donors (Lipinski definition) is 1. The first kappa shape index (κ1) is 10.6. The minimum Gasteiger partial charge on any atom is -0.311 e. The van der Waals surface area contributed by atoms with Gasteiger partial charge >= 0.3 is 0 Å². The maximum atomic E-state index is 11.6. The van der Waals surface area contributed by atoms with Gasteiger partial charge in [0, 0.05) is 17.1 Å². The van der Waals surface area contributed by atoms with Gasteiger partial charge in [-0.15, -0.1) is 0 Å². The van der Waals surface area contributed by atoms with E-state index in [1.807, 2.05) is 6.07 Å². The summed E-state index contributed by atoms with van der Waals surface area (Å²) in [6, 6.07) is 3.64. The molecule has 4 heteroatoms. The molecule has 0 radical (unpaired) electrons. The van der Waals surface area contributed by atoms with Gasteiger partial charge in [-0.05, 0) is 30.9 Å². The van der Waals surface area contributed by atoms with Gasteiger partial charge in [0.15, 0.2) is 0 Å². The van der Waals surface area contributed by atoms with Crippen molar-refractivity contribution in [2.75, 3.05) is 5.32 Å². The molecule has 1 heterocycles. The van der Waals surface area contributed by atoms with E-state index in [-0.39, 0.29) is 5.91 Å². The van der Waals surface area contributed by atoms with Gasteiger partial charge < -0.3 is 5.32 Å². The molecule has 0 atom stereocenters. The van der Waals surface area contributed by atoms with Gasteiger partial charge in [0.1, 0.15) is 5.82 Å². The smallest absolute Gasteiger partial charge is 0.225 e. The van der Waals surface area contributed by atoms with Crippen LogP contribution in [0.2, 0.25) is 0 Å². The first-order chi connectivity index (χ1) is 7.24. The lowest BCUT2D eigenvalue weighted by atomic mass is 9.83. The lowest BCUT2D eigenvalue weighted by molar-refractivity contribution is -0.117. The predicted octanol–water partition coefficient (Wildman–Crippen LogP) is 2.97. The van der Waals surface area contributed by atoms with Crippen LogP contribution >= 0.6 is 15.9 Å². The van der Waals surface area contributed by atoms with Crippen LogP contribution in [-0.4, -0.2) is 10.9 Å². The van der Waals surface area contributed by atoms with Crippen molar-refractivity contribution in [2.24, 2.45) is 5.92 Å². The molecule has 15 heavy (non-hydrogen) atoms. The van der Waals surface area contributed by atoms with Crippen LogP contribution in [0, 0.1) is 5.92 Å². The lowest BCUT2D eigenvalue weighted by Gasteiger charge is -2.24. The highest BCUT2D eigenvalue weighted by atomic mass is 79.9. The average Bonchev–Trinajstić information content (AvgIpc) is 2.11. The van der Waals surface area contributed by atoms with Crippen molar-refractivity contribution in [3.8, 4) is 0 Å². The summed E-state index contributed by atoms with van der Waals surface area (Å²) < 4.78 is 0.927. The molecule has 0 aromatic carbocycles. The number of nitrogens with one attached hydrogen (secondary N) is 1. The van der Waals surface area contributed by atoms with E-state index in [1.54, 1.807) is 12.3 Å². The zero-order valence-corrected chi connectivity index (χ0v) is 9.96. The summed E-state index contributed by atoms with van der Waals surface area (Å²) in [5, 5.41) is 2.80. The molecule has 1 aromatic rings. The average molecular weight is 269 g/mol. The Hall–Kier alpha value is -0.900. The molecule has 1 N–H and O–H groups in total. The van der Waals surface area contributed by atoms with Gasteiger partial charge in [0.25, 0.3) is 0 Å². The summed E-state index contributed by atoms with van der Waals surface area (Å²) in [5.74, 6) is 1.29. The van der Waals surface area contributed by atoms with E-state index in [4.69, 9.17) is 0 Å². The zero-order chi connectivity index (χ0) is 10.7. The quantitative estimate of drug-likeness (QED) is 0.916. The molecule has 0 saturated heterocycles. The Kier molecular flexibility index (Phi) is 3.36. The van der Waals surface area contributed by atoms with E-state index in [0.29, 0.717) is 18.2 Å². The normalized spacial score (nSPS) is 15.8. The minimum absolute atomic E-state index is 0.0744. The van der Waals surface area contributed by atoms with Crippen LogP contribution < -0.4 is 5.32 Å². The maximum absolute atomic E-state index is 11.6. The van der Waals surface area contributed by atoms with Gasteiger partial charge in [-0.1, -0.05) is 22.4 Å². The van der Waals surface area contributed by atoms with Crippen LogP contribution in [0.1, 0.15) is 25.7 Å². The molecule has 0 bridgehead atoms. The maximum Gasteiger partial charge on any atom is 0.225 e. The van der Waals surface area contributed by atoms with Crippen molar-refractivity contribution in [1.82, 2.24) is 4.98 Å². The fraction of sp³-hybridized carbons (Fsp3) is 0.455. The molecule has 1 aliphatic carbocycles. The van der Waals surface area contributed by atoms with Crippen LogP contribution in [0.25, 0.3) is 0 Å². The van der Waals surface area contributed by atoms with Gasteiger partial charge in [-0.2, -0.15) is 0 Å². The molecular weight excluding hydrogens is 256 g/mol. The molecule has 0 spiro atoms. The number of carbonyl (C=O) groups excluding carboxylic acids is 1. The molecule has 1 amide bonds. The highest BCUT2D eigenvalue weighted by Crippen LogP contribution is 2.29. The van der Waals surface area contributed by atoms with Gasteiger partial charge in [-0.3, -0.25) is 4.79 Å². The molecule has 1 fully saturated rings. The zero-order valence-electron chi connectivity index (χ0n) is 8.37. The fourth-order valence-electron chi connectivity index (χ4n) is 1.63. The Balaban J connectivity index is 1.87. The number of rotatable bonds is 3. The Morgan fingerprint density at radius 2 is 2.40 bits per heavy atom. The van der Waals surface area contributed by atoms with Crippen LogP contribution in [0.5, 0.6) is 0 Å². The summed E-state index contributed by atoms with van der Waals surface area (Å²) in [6.07, 6.45) is 5.96. The monoisotopic (exact) mass is 268 g/mol. The van der Waals surface area contributed by atoms with Gasteiger partial charge in [0.05, 0.1) is 0 Å². The van der Waals surface area contributed by atoms with Crippen LogP contribution in [-0.2, 0) is 4.79 Å². The third-order valence-corrected chi connectivity index (χ3v) is 3.18. The number of nitrogens with zero attached hydrogens (tertiary/aromatic N) is 1. The third kappa shape index (κ3) is 3.02. The summed E-state index contributed by atoms with van der Waals surface area (Å²) in [6.45, 7) is 0. The number of carbonyl (C=O) groups is 1. The second-order valence-electron chi connectivity index (χ2n) is 3.91. The molecule has 80 valence electrons. The van der Waals surface area contributed by atoms with Crippen LogP contribution in [0.15, 0.2) is 22.8 Å². The minimum atomic E-state index is 0.0744. The number of hydrogen-bond acceptors (Lipinski definition) is 2. The molecule has 0 aliphatic heterocycles. The summed E-state index contributed by atoms with van der Waals surface area (Å²) in [7, 11) is 0. The highest BCUT2D eigenvalue weighted by molar-refractivity contribution is 9.10. The van der Waals surface area contributed by atoms with Crippen LogP contribution in [0.3, 0.4) is 0 Å². The van der Waals surface area contributed by atoms with Crippen molar-refractivity contribution in [3.63, 3.8) is 0 Å². The summed E-state index contributed by atoms with van der Waals surface area (Å²) in [4.78, 5) is 15.6. The van der Waals surface area contributed by atoms with Crippen molar-refractivity contribution in [3.05, 3.63) is 22.8 Å². The highest BCUT2D eigenvalue weighted by Gasteiger charge is 2.20. The SMILES string of the molecule is O=C(CC1CCC1)Nc1cc(Br)ccn1. The van der Waals surface area contributed by atoms with Gasteiger partial charge in [0.2, 0.25) is 5.91 Å². The number of amides is 1. The Labute approximate surface area is 97.4 Å². The van der Waals surface area contributed by atoms with Crippen molar-refractivity contribution in [2.45, 2.75) is 25.7 Å². The molecule has 1 aromatic heterocycles. The molecule has 0 unspecified atom stereocenters. The molecule has 3 nitrogen and oxygen atoms in total. The van der Waals surface area contributed by atoms with Crippen molar-refractivity contribution in [1.29, 1.82) is 0 Å². The predicted molar refractivity (Wildman–Crippen MR) is 62.5 cm³/mol. The van der Waals surface area contributed by atoms with E-state index >= 15 is 0 Å². The summed E-state index contributed by atoms with van der Waals surface area (Å²) >= 11 is 3.34. The number of aromatic nitrogens is 1. The van der Waals surface area contributed by atoms with E-state index in [1.165, 1.54) is 19.3 Å². The largest absolute Gasteiger partial charge is 0.311 e. The first-order valence-corrected chi connectivity index (χ1v) is 5.95. The Morgan fingerprint density at radius 3 is 3.00 bits per heavy atom. The van der Waals surface area contributed by atoms with Gasteiger partial charge in [-0.25, -0.2) is 4.98 Å². The Morgan fingerprint density at radius 1 is 1.60 bits per heavy atom. The molecule has 1 aliphatic rings. The molecule has 1 saturated carbocycles. The summed E-state index contributed by atoms with van der Waals surface area (Å²) in [5.41, 5.74) is 0. The van der Waals surface area contributed by atoms with E-state index in [9.17, 15) is 4.79 Å². The van der Waals surface area contributed by atoms with Crippen molar-refractivity contribution >= 4 is 27.7 Å². The Bertz CT molecular complexity index is 363. The molecule has 2 rings (SSSR count). The van der Waals surface area contributed by atoms with E-state index < -0.39 is 0 Å². The van der Waals surface area contributed by atoms with E-state index in [2.05, 4.69) is 26.2 Å². The first-order valence-electron chi connectivity index (χ1n) is 5.15. The topological polar surface area (TPSA) is 42.0 Å². The van der Waals surface area contributed by atoms with Crippen molar-refractivity contribution < 1.29 is 4.79 Å². The van der Waals surface area contributed by atoms with E-state index in [0.717, 1.165) is 4.47 Å². The molecular formula is C11H13BrN2O. The third-order valence-electron chi connectivity index (χ3n) is 2.69. The number of anilines is 1.